The summed E-state index contributed by atoms with van der Waals surface area (Å²) in [6.07, 6.45) is 1.21. The van der Waals surface area contributed by atoms with Crippen LogP contribution in [0.3, 0.4) is 0 Å². The molecule has 1 heterocycles. The van der Waals surface area contributed by atoms with Gasteiger partial charge >= 0.3 is 5.97 Å². The molecule has 1 amide bonds. The van der Waals surface area contributed by atoms with E-state index in [1.54, 1.807) is 6.92 Å². The highest BCUT2D eigenvalue weighted by Crippen LogP contribution is 2.33. The Morgan fingerprint density at radius 2 is 1.71 bits per heavy atom. The SMILES string of the molecule is CCOC(=O)CCCC(=O)N1C[C@H](CN[C@H](C)c2cccc3ccccc23)[C@@H](c2ccccc2)C1. The van der Waals surface area contributed by atoms with Crippen LogP contribution in [0.1, 0.15) is 56.2 Å². The lowest BCUT2D eigenvalue weighted by atomic mass is 9.88. The molecule has 5 nitrogen and oxygen atoms in total. The van der Waals surface area contributed by atoms with E-state index < -0.39 is 0 Å². The van der Waals surface area contributed by atoms with Crippen molar-refractivity contribution in [2.75, 3.05) is 26.2 Å². The van der Waals surface area contributed by atoms with Crippen LogP contribution >= 0.6 is 0 Å². The lowest BCUT2D eigenvalue weighted by Gasteiger charge is -2.23. The maximum absolute atomic E-state index is 13.0. The van der Waals surface area contributed by atoms with Gasteiger partial charge in [0.25, 0.3) is 0 Å². The predicted octanol–water partition coefficient (Wildman–Crippen LogP) is 5.47. The summed E-state index contributed by atoms with van der Waals surface area (Å²) in [6.45, 7) is 6.67. The third-order valence-electron chi connectivity index (χ3n) is 7.07. The molecule has 0 aliphatic carbocycles. The number of fused-ring (bicyclic) bond motifs is 1. The molecule has 5 heteroatoms. The van der Waals surface area contributed by atoms with Crippen LogP contribution < -0.4 is 5.32 Å². The summed E-state index contributed by atoms with van der Waals surface area (Å²) < 4.78 is 4.99. The fraction of sp³-hybridized carbons (Fsp3) is 0.400. The van der Waals surface area contributed by atoms with E-state index in [1.807, 2.05) is 11.0 Å². The highest BCUT2D eigenvalue weighted by Gasteiger charge is 2.35. The standard InChI is InChI=1S/C30H36N2O3/c1-3-35-30(34)18-10-17-29(33)32-20-25(28(21-32)24-11-5-4-6-12-24)19-31-22(2)26-16-9-14-23-13-7-8-15-27(23)26/h4-9,11-16,22,25,28,31H,3,10,17-21H2,1-2H3/t22-,25+,28-/m1/s1. The largest absolute Gasteiger partial charge is 0.466 e. The van der Waals surface area contributed by atoms with Crippen LogP contribution in [-0.4, -0.2) is 43.0 Å². The monoisotopic (exact) mass is 472 g/mol. The van der Waals surface area contributed by atoms with Crippen molar-refractivity contribution in [2.45, 2.75) is 45.1 Å². The molecular weight excluding hydrogens is 436 g/mol. The first-order chi connectivity index (χ1) is 17.1. The number of esters is 1. The van der Waals surface area contributed by atoms with Crippen molar-refractivity contribution in [3.05, 3.63) is 83.9 Å². The van der Waals surface area contributed by atoms with Crippen LogP contribution in [0.5, 0.6) is 0 Å². The van der Waals surface area contributed by atoms with Crippen molar-refractivity contribution in [1.29, 1.82) is 0 Å². The molecule has 1 N–H and O–H groups in total. The van der Waals surface area contributed by atoms with Crippen molar-refractivity contribution >= 4 is 22.6 Å². The summed E-state index contributed by atoms with van der Waals surface area (Å²) in [5.74, 6) is 0.509. The van der Waals surface area contributed by atoms with Gasteiger partial charge in [-0.1, -0.05) is 72.8 Å². The fourth-order valence-electron chi connectivity index (χ4n) is 5.20. The van der Waals surface area contributed by atoms with E-state index in [1.165, 1.54) is 21.9 Å². The van der Waals surface area contributed by atoms with E-state index in [4.69, 9.17) is 4.74 Å². The van der Waals surface area contributed by atoms with Crippen LogP contribution in [0.4, 0.5) is 0 Å². The molecule has 1 aliphatic rings. The third-order valence-corrected chi connectivity index (χ3v) is 7.07. The van der Waals surface area contributed by atoms with Gasteiger partial charge in [0.05, 0.1) is 6.61 Å². The number of amides is 1. The second-order valence-corrected chi connectivity index (χ2v) is 9.43. The molecule has 0 unspecified atom stereocenters. The number of nitrogens with one attached hydrogen (secondary N) is 1. The molecule has 4 rings (SSSR count). The summed E-state index contributed by atoms with van der Waals surface area (Å²) in [6, 6.07) is 25.7. The molecule has 1 aliphatic heterocycles. The number of carbonyl (C=O) groups is 2. The molecule has 0 bridgehead atoms. The van der Waals surface area contributed by atoms with Crippen LogP contribution in [0.2, 0.25) is 0 Å². The Morgan fingerprint density at radius 3 is 2.51 bits per heavy atom. The average molecular weight is 473 g/mol. The van der Waals surface area contributed by atoms with E-state index >= 15 is 0 Å². The molecule has 0 aromatic heterocycles. The Kier molecular flexibility index (Phi) is 8.54. The zero-order valence-electron chi connectivity index (χ0n) is 20.8. The van der Waals surface area contributed by atoms with Gasteiger partial charge in [0.15, 0.2) is 0 Å². The second-order valence-electron chi connectivity index (χ2n) is 9.43. The zero-order valence-corrected chi connectivity index (χ0v) is 20.8. The third kappa shape index (κ3) is 6.29. The Bertz CT molecular complexity index is 1130. The highest BCUT2D eigenvalue weighted by atomic mass is 16.5. The van der Waals surface area contributed by atoms with E-state index in [0.29, 0.717) is 31.8 Å². The number of nitrogens with zero attached hydrogens (tertiary/aromatic N) is 1. The van der Waals surface area contributed by atoms with Gasteiger partial charge in [-0.3, -0.25) is 9.59 Å². The van der Waals surface area contributed by atoms with Crippen molar-refractivity contribution < 1.29 is 14.3 Å². The number of carbonyl (C=O) groups excluding carboxylic acids is 2. The average Bonchev–Trinajstić information content (AvgIpc) is 3.32. The molecule has 184 valence electrons. The van der Waals surface area contributed by atoms with Crippen molar-refractivity contribution in [3.63, 3.8) is 0 Å². The number of ether oxygens (including phenoxy) is 1. The molecule has 0 saturated carbocycles. The smallest absolute Gasteiger partial charge is 0.305 e. The minimum absolute atomic E-state index is 0.125. The van der Waals surface area contributed by atoms with Gasteiger partial charge < -0.3 is 15.0 Å². The number of rotatable bonds is 10. The molecule has 3 aromatic carbocycles. The molecule has 3 atom stereocenters. The Morgan fingerprint density at radius 1 is 0.971 bits per heavy atom. The van der Waals surface area contributed by atoms with Crippen LogP contribution in [0.15, 0.2) is 72.8 Å². The fourth-order valence-corrected chi connectivity index (χ4v) is 5.20. The first kappa shape index (κ1) is 24.9. The molecule has 1 fully saturated rings. The highest BCUT2D eigenvalue weighted by molar-refractivity contribution is 5.86. The quantitative estimate of drug-likeness (QED) is 0.398. The van der Waals surface area contributed by atoms with Gasteiger partial charge in [0.1, 0.15) is 0 Å². The molecule has 0 spiro atoms. The summed E-state index contributed by atoms with van der Waals surface area (Å²) >= 11 is 0. The molecule has 3 aromatic rings. The molecule has 35 heavy (non-hydrogen) atoms. The summed E-state index contributed by atoms with van der Waals surface area (Å²) in [5, 5.41) is 6.29. The summed E-state index contributed by atoms with van der Waals surface area (Å²) in [7, 11) is 0. The molecule has 1 saturated heterocycles. The predicted molar refractivity (Wildman–Crippen MR) is 140 cm³/mol. The number of hydrogen-bond acceptors (Lipinski definition) is 4. The van der Waals surface area contributed by atoms with Crippen LogP contribution in [-0.2, 0) is 14.3 Å². The van der Waals surface area contributed by atoms with Crippen LogP contribution in [0, 0.1) is 5.92 Å². The topological polar surface area (TPSA) is 58.6 Å². The lowest BCUT2D eigenvalue weighted by molar-refractivity contribution is -0.143. The molecule has 0 radical (unpaired) electrons. The van der Waals surface area contributed by atoms with Gasteiger partial charge in [-0.25, -0.2) is 0 Å². The minimum atomic E-state index is -0.228. The Balaban J connectivity index is 1.41. The van der Waals surface area contributed by atoms with Gasteiger partial charge in [-0.2, -0.15) is 0 Å². The van der Waals surface area contributed by atoms with E-state index in [0.717, 1.165) is 19.6 Å². The first-order valence-electron chi connectivity index (χ1n) is 12.8. The Hall–Kier alpha value is -3.18. The van der Waals surface area contributed by atoms with Crippen molar-refractivity contribution in [1.82, 2.24) is 10.2 Å². The van der Waals surface area contributed by atoms with Gasteiger partial charge in [0.2, 0.25) is 5.91 Å². The summed E-state index contributed by atoms with van der Waals surface area (Å²) in [4.78, 5) is 26.6. The maximum Gasteiger partial charge on any atom is 0.305 e. The number of benzene rings is 3. The van der Waals surface area contributed by atoms with Gasteiger partial charge in [0, 0.05) is 44.4 Å². The van der Waals surface area contributed by atoms with Crippen molar-refractivity contribution in [3.8, 4) is 0 Å². The van der Waals surface area contributed by atoms with Crippen LogP contribution in [0.25, 0.3) is 10.8 Å². The second kappa shape index (κ2) is 12.0. The van der Waals surface area contributed by atoms with Crippen molar-refractivity contribution in [2.24, 2.45) is 5.92 Å². The van der Waals surface area contributed by atoms with E-state index in [2.05, 4.69) is 79.0 Å². The number of hydrogen-bond donors (Lipinski definition) is 1. The number of likely N-dealkylation sites (tertiary alicyclic amines) is 1. The lowest BCUT2D eigenvalue weighted by Crippen LogP contribution is -2.32. The molecular formula is C30H36N2O3. The normalized spacial score (nSPS) is 18.5. The Labute approximate surface area is 208 Å². The minimum Gasteiger partial charge on any atom is -0.466 e. The van der Waals surface area contributed by atoms with E-state index in [-0.39, 0.29) is 23.8 Å². The maximum atomic E-state index is 13.0. The van der Waals surface area contributed by atoms with Gasteiger partial charge in [-0.05, 0) is 48.1 Å². The zero-order chi connectivity index (χ0) is 24.6. The van der Waals surface area contributed by atoms with E-state index in [9.17, 15) is 9.59 Å². The van der Waals surface area contributed by atoms with Gasteiger partial charge in [-0.15, -0.1) is 0 Å². The summed E-state index contributed by atoms with van der Waals surface area (Å²) in [5.41, 5.74) is 2.57. The first-order valence-corrected chi connectivity index (χ1v) is 12.8.